The topological polar surface area (TPSA) is 84.5 Å². The molecule has 0 spiro atoms. The number of benzene rings is 3. The third kappa shape index (κ3) is 3.73. The Hall–Kier alpha value is -3.32. The summed E-state index contributed by atoms with van der Waals surface area (Å²) in [6, 6.07) is 18.2. The van der Waals surface area contributed by atoms with Gasteiger partial charge in [-0.3, -0.25) is 19.7 Å². The van der Waals surface area contributed by atoms with Gasteiger partial charge < -0.3 is 10.1 Å². The van der Waals surface area contributed by atoms with Crippen molar-refractivity contribution in [2.45, 2.75) is 30.4 Å². The fourth-order valence-electron chi connectivity index (χ4n) is 4.64. The van der Waals surface area contributed by atoms with Crippen molar-refractivity contribution in [3.8, 4) is 5.75 Å². The summed E-state index contributed by atoms with van der Waals surface area (Å²) >= 11 is 1.04. The predicted octanol–water partition coefficient (Wildman–Crippen LogP) is 4.41. The van der Waals surface area contributed by atoms with E-state index in [1.165, 1.54) is 0 Å². The molecule has 0 aliphatic carbocycles. The zero-order valence-electron chi connectivity index (χ0n) is 17.5. The largest absolute Gasteiger partial charge is 0.495 e. The van der Waals surface area contributed by atoms with E-state index in [2.05, 4.69) is 41.0 Å². The normalized spacial score (nSPS) is 18.8. The quantitative estimate of drug-likeness (QED) is 0.606. The lowest BCUT2D eigenvalue weighted by atomic mass is 9.82. The zero-order chi connectivity index (χ0) is 22.2. The Kier molecular flexibility index (Phi) is 5.35. The van der Waals surface area contributed by atoms with E-state index in [0.717, 1.165) is 39.2 Å². The average Bonchev–Trinajstić information content (AvgIpc) is 3.14. The Labute approximate surface area is 189 Å². The second-order valence-electron chi connectivity index (χ2n) is 8.07. The maximum absolute atomic E-state index is 12.7. The van der Waals surface area contributed by atoms with E-state index in [-0.39, 0.29) is 23.0 Å². The number of hydrogen-bond acceptors (Lipinski definition) is 5. The van der Waals surface area contributed by atoms with Crippen molar-refractivity contribution >= 4 is 45.3 Å². The average molecular weight is 447 g/mol. The molecule has 2 atom stereocenters. The lowest BCUT2D eigenvalue weighted by Gasteiger charge is -2.28. The molecule has 2 N–H and O–H groups in total. The minimum Gasteiger partial charge on any atom is -0.495 e. The summed E-state index contributed by atoms with van der Waals surface area (Å²) in [6.07, 6.45) is 1.53. The molecule has 5 rings (SSSR count). The predicted molar refractivity (Wildman–Crippen MR) is 125 cm³/mol. The van der Waals surface area contributed by atoms with Crippen LogP contribution in [0.25, 0.3) is 10.8 Å². The second kappa shape index (κ2) is 8.31. The van der Waals surface area contributed by atoms with Gasteiger partial charge in [-0.05, 0) is 46.4 Å². The number of imide groups is 1. The molecule has 7 heteroatoms. The number of carbonyl (C=O) groups is 3. The van der Waals surface area contributed by atoms with E-state index >= 15 is 0 Å². The van der Waals surface area contributed by atoms with Crippen LogP contribution in [0.15, 0.2) is 54.6 Å². The van der Waals surface area contributed by atoms with Gasteiger partial charge in [0, 0.05) is 12.3 Å². The smallest absolute Gasteiger partial charge is 0.286 e. The minimum absolute atomic E-state index is 0.0535. The number of carbonyl (C=O) groups excluding carboxylic acids is 3. The number of thioether (sulfide) groups is 1. The molecule has 0 radical (unpaired) electrons. The van der Waals surface area contributed by atoms with Crippen LogP contribution >= 0.6 is 11.8 Å². The number of ether oxygens (including phenoxy) is 1. The first-order valence-electron chi connectivity index (χ1n) is 10.5. The summed E-state index contributed by atoms with van der Waals surface area (Å²) in [5.41, 5.74) is 3.70. The molecule has 2 heterocycles. The highest BCUT2D eigenvalue weighted by molar-refractivity contribution is 8.15. The number of amides is 3. The van der Waals surface area contributed by atoms with E-state index in [1.54, 1.807) is 7.11 Å². The summed E-state index contributed by atoms with van der Waals surface area (Å²) in [5.74, 6) is 0.0422. The zero-order valence-corrected chi connectivity index (χ0v) is 18.3. The van der Waals surface area contributed by atoms with E-state index < -0.39 is 5.25 Å². The number of hydrogen-bond donors (Lipinski definition) is 2. The SMILES string of the molecule is COc1ccc(C(Cc2ccc3ccccc3c2)C2SC(=O)NC2=O)c2c1NC(=O)CC2. The highest BCUT2D eigenvalue weighted by Crippen LogP contribution is 2.43. The number of methoxy groups -OCH3 is 1. The summed E-state index contributed by atoms with van der Waals surface area (Å²) < 4.78 is 5.47. The fourth-order valence-corrected chi connectivity index (χ4v) is 5.60. The summed E-state index contributed by atoms with van der Waals surface area (Å²) in [7, 11) is 1.57. The van der Waals surface area contributed by atoms with E-state index in [9.17, 15) is 14.4 Å². The van der Waals surface area contributed by atoms with Crippen LogP contribution in [0.5, 0.6) is 5.75 Å². The lowest BCUT2D eigenvalue weighted by Crippen LogP contribution is -2.31. The highest BCUT2D eigenvalue weighted by atomic mass is 32.2. The van der Waals surface area contributed by atoms with Crippen LogP contribution in [-0.2, 0) is 22.4 Å². The Morgan fingerprint density at radius 3 is 2.56 bits per heavy atom. The van der Waals surface area contributed by atoms with Crippen LogP contribution in [0.2, 0.25) is 0 Å². The van der Waals surface area contributed by atoms with E-state index in [0.29, 0.717) is 30.7 Å². The molecule has 0 bridgehead atoms. The molecule has 1 saturated heterocycles. The minimum atomic E-state index is -0.538. The molecule has 1 fully saturated rings. The van der Waals surface area contributed by atoms with Gasteiger partial charge in [-0.15, -0.1) is 0 Å². The van der Waals surface area contributed by atoms with Crippen molar-refractivity contribution < 1.29 is 19.1 Å². The monoisotopic (exact) mass is 446 g/mol. The molecule has 2 aliphatic heterocycles. The van der Waals surface area contributed by atoms with Gasteiger partial charge >= 0.3 is 0 Å². The second-order valence-corrected chi connectivity index (χ2v) is 9.18. The molecular formula is C25H22N2O4S. The summed E-state index contributed by atoms with van der Waals surface area (Å²) in [4.78, 5) is 36.8. The molecule has 2 unspecified atom stereocenters. The molecule has 0 aromatic heterocycles. The Balaban J connectivity index is 1.60. The summed E-state index contributed by atoms with van der Waals surface area (Å²) in [6.45, 7) is 0. The third-order valence-electron chi connectivity index (χ3n) is 6.15. The maximum Gasteiger partial charge on any atom is 0.286 e. The Morgan fingerprint density at radius 2 is 1.81 bits per heavy atom. The fraction of sp³-hybridized carbons (Fsp3) is 0.240. The van der Waals surface area contributed by atoms with Crippen molar-refractivity contribution in [1.29, 1.82) is 0 Å². The first-order valence-corrected chi connectivity index (χ1v) is 11.4. The van der Waals surface area contributed by atoms with Crippen LogP contribution in [0.3, 0.4) is 0 Å². The molecule has 3 aromatic carbocycles. The van der Waals surface area contributed by atoms with Gasteiger partial charge in [0.05, 0.1) is 12.8 Å². The molecule has 3 aromatic rings. The Bertz CT molecular complexity index is 1260. The molecule has 32 heavy (non-hydrogen) atoms. The van der Waals surface area contributed by atoms with E-state index in [1.807, 2.05) is 24.3 Å². The van der Waals surface area contributed by atoms with Crippen molar-refractivity contribution in [1.82, 2.24) is 5.32 Å². The number of anilines is 1. The molecule has 6 nitrogen and oxygen atoms in total. The van der Waals surface area contributed by atoms with Crippen molar-refractivity contribution in [2.75, 3.05) is 12.4 Å². The molecule has 3 amide bonds. The van der Waals surface area contributed by atoms with Gasteiger partial charge in [0.2, 0.25) is 11.8 Å². The van der Waals surface area contributed by atoms with Gasteiger partial charge in [-0.25, -0.2) is 0 Å². The molecule has 0 saturated carbocycles. The number of rotatable bonds is 5. The van der Waals surface area contributed by atoms with E-state index in [4.69, 9.17) is 4.74 Å². The highest BCUT2D eigenvalue weighted by Gasteiger charge is 2.40. The van der Waals surface area contributed by atoms with Crippen LogP contribution in [0.4, 0.5) is 10.5 Å². The maximum atomic E-state index is 12.7. The van der Waals surface area contributed by atoms with Gasteiger partial charge in [-0.1, -0.05) is 60.3 Å². The van der Waals surface area contributed by atoms with Gasteiger partial charge in [0.15, 0.2) is 0 Å². The standard InChI is InChI=1S/C25H22N2O4S/c1-31-20-10-8-17(18-9-11-21(28)26-22(18)20)19(23-24(29)27-25(30)32-23)13-14-6-7-15-4-2-3-5-16(15)12-14/h2-8,10,12,19,23H,9,11,13H2,1H3,(H,26,28)(H,27,29,30). The summed E-state index contributed by atoms with van der Waals surface area (Å²) in [5, 5.41) is 6.79. The van der Waals surface area contributed by atoms with Crippen molar-refractivity contribution in [2.24, 2.45) is 0 Å². The van der Waals surface area contributed by atoms with Crippen LogP contribution in [0.1, 0.15) is 29.0 Å². The van der Waals surface area contributed by atoms with Gasteiger partial charge in [0.25, 0.3) is 5.24 Å². The molecule has 2 aliphatic rings. The number of nitrogens with one attached hydrogen (secondary N) is 2. The first kappa shape index (κ1) is 20.6. The number of fused-ring (bicyclic) bond motifs is 2. The van der Waals surface area contributed by atoms with Crippen molar-refractivity contribution in [3.05, 3.63) is 71.3 Å². The third-order valence-corrected chi connectivity index (χ3v) is 7.26. The molecular weight excluding hydrogens is 424 g/mol. The Morgan fingerprint density at radius 1 is 1.00 bits per heavy atom. The van der Waals surface area contributed by atoms with Gasteiger partial charge in [0.1, 0.15) is 11.0 Å². The molecule has 162 valence electrons. The van der Waals surface area contributed by atoms with Gasteiger partial charge in [-0.2, -0.15) is 0 Å². The van der Waals surface area contributed by atoms with Crippen molar-refractivity contribution in [3.63, 3.8) is 0 Å². The first-order chi connectivity index (χ1) is 15.5. The lowest BCUT2D eigenvalue weighted by molar-refractivity contribution is -0.119. The van der Waals surface area contributed by atoms with Crippen LogP contribution in [0, 0.1) is 0 Å². The van der Waals surface area contributed by atoms with Crippen LogP contribution < -0.4 is 15.4 Å². The van der Waals surface area contributed by atoms with Crippen LogP contribution in [-0.4, -0.2) is 29.4 Å².